The summed E-state index contributed by atoms with van der Waals surface area (Å²) in [6.45, 7) is 1.35. The highest BCUT2D eigenvalue weighted by atomic mass is 16.5. The molecule has 128 valence electrons. The van der Waals surface area contributed by atoms with Crippen LogP contribution in [-0.2, 0) is 11.2 Å². The summed E-state index contributed by atoms with van der Waals surface area (Å²) in [5, 5.41) is 3.06. The first-order valence-electron chi connectivity index (χ1n) is 8.77. The van der Waals surface area contributed by atoms with E-state index in [1.54, 1.807) is 7.11 Å². The number of rotatable bonds is 8. The molecule has 23 heavy (non-hydrogen) atoms. The minimum atomic E-state index is 0.0507. The lowest BCUT2D eigenvalue weighted by Gasteiger charge is -2.35. The molecule has 0 heterocycles. The Morgan fingerprint density at radius 1 is 1.30 bits per heavy atom. The van der Waals surface area contributed by atoms with Crippen molar-refractivity contribution in [3.8, 4) is 5.75 Å². The SMILES string of the molecule is COc1cccc(CCCNC(=O)CC2(CN)CCCCC2)c1. The lowest BCUT2D eigenvalue weighted by atomic mass is 9.71. The van der Waals surface area contributed by atoms with Gasteiger partial charge < -0.3 is 15.8 Å². The zero-order chi connectivity index (χ0) is 16.5. The molecule has 0 bridgehead atoms. The highest BCUT2D eigenvalue weighted by molar-refractivity contribution is 5.76. The maximum atomic E-state index is 12.2. The van der Waals surface area contributed by atoms with E-state index in [0.717, 1.165) is 38.0 Å². The van der Waals surface area contributed by atoms with E-state index in [9.17, 15) is 4.79 Å². The van der Waals surface area contributed by atoms with E-state index >= 15 is 0 Å². The second-order valence-corrected chi connectivity index (χ2v) is 6.75. The molecule has 4 heteroatoms. The van der Waals surface area contributed by atoms with Gasteiger partial charge in [0.25, 0.3) is 0 Å². The summed E-state index contributed by atoms with van der Waals surface area (Å²) in [7, 11) is 1.68. The van der Waals surface area contributed by atoms with Crippen LogP contribution >= 0.6 is 0 Å². The summed E-state index contributed by atoms with van der Waals surface area (Å²) in [6, 6.07) is 8.09. The molecule has 0 atom stereocenters. The molecular formula is C19H30N2O2. The number of methoxy groups -OCH3 is 1. The zero-order valence-electron chi connectivity index (χ0n) is 14.3. The molecule has 0 aromatic heterocycles. The predicted octanol–water partition coefficient (Wildman–Crippen LogP) is 3.04. The van der Waals surface area contributed by atoms with Crippen LogP contribution in [0.15, 0.2) is 24.3 Å². The zero-order valence-corrected chi connectivity index (χ0v) is 14.3. The molecule has 0 aliphatic heterocycles. The quantitative estimate of drug-likeness (QED) is 0.724. The van der Waals surface area contributed by atoms with E-state index < -0.39 is 0 Å². The summed E-state index contributed by atoms with van der Waals surface area (Å²) in [6.07, 6.45) is 8.36. The summed E-state index contributed by atoms with van der Waals surface area (Å²) in [5.41, 5.74) is 7.24. The topological polar surface area (TPSA) is 64.3 Å². The van der Waals surface area contributed by atoms with Gasteiger partial charge in [-0.1, -0.05) is 31.4 Å². The predicted molar refractivity (Wildman–Crippen MR) is 93.5 cm³/mol. The molecule has 0 radical (unpaired) electrons. The Morgan fingerprint density at radius 3 is 2.78 bits per heavy atom. The van der Waals surface area contributed by atoms with Gasteiger partial charge in [0.15, 0.2) is 0 Å². The minimum Gasteiger partial charge on any atom is -0.497 e. The van der Waals surface area contributed by atoms with Crippen LogP contribution in [0.25, 0.3) is 0 Å². The Kier molecular flexibility index (Phi) is 6.90. The molecule has 1 aromatic rings. The average molecular weight is 318 g/mol. The third-order valence-corrected chi connectivity index (χ3v) is 4.98. The van der Waals surface area contributed by atoms with Crippen LogP contribution < -0.4 is 15.8 Å². The van der Waals surface area contributed by atoms with Gasteiger partial charge in [-0.15, -0.1) is 0 Å². The van der Waals surface area contributed by atoms with Gasteiger partial charge in [-0.2, -0.15) is 0 Å². The summed E-state index contributed by atoms with van der Waals surface area (Å²) >= 11 is 0. The van der Waals surface area contributed by atoms with Crippen molar-refractivity contribution < 1.29 is 9.53 Å². The van der Waals surface area contributed by atoms with E-state index in [4.69, 9.17) is 10.5 Å². The highest BCUT2D eigenvalue weighted by Crippen LogP contribution is 2.38. The van der Waals surface area contributed by atoms with Crippen LogP contribution in [0.4, 0.5) is 0 Å². The van der Waals surface area contributed by atoms with E-state index in [1.165, 1.54) is 24.8 Å². The molecule has 0 saturated heterocycles. The number of nitrogens with two attached hydrogens (primary N) is 1. The average Bonchev–Trinajstić information content (AvgIpc) is 2.60. The second-order valence-electron chi connectivity index (χ2n) is 6.75. The number of ether oxygens (including phenoxy) is 1. The van der Waals surface area contributed by atoms with Crippen LogP contribution in [0.5, 0.6) is 5.75 Å². The Morgan fingerprint density at radius 2 is 2.09 bits per heavy atom. The molecule has 1 fully saturated rings. The normalized spacial score (nSPS) is 16.8. The van der Waals surface area contributed by atoms with Gasteiger partial charge in [0.2, 0.25) is 5.91 Å². The molecule has 0 spiro atoms. The van der Waals surface area contributed by atoms with Crippen molar-refractivity contribution >= 4 is 5.91 Å². The summed E-state index contributed by atoms with van der Waals surface area (Å²) in [4.78, 5) is 12.2. The fourth-order valence-electron chi connectivity index (χ4n) is 3.51. The van der Waals surface area contributed by atoms with E-state index in [2.05, 4.69) is 11.4 Å². The first kappa shape index (κ1) is 17.8. The lowest BCUT2D eigenvalue weighted by Crippen LogP contribution is -2.38. The number of hydrogen-bond donors (Lipinski definition) is 2. The van der Waals surface area contributed by atoms with Crippen LogP contribution in [0.3, 0.4) is 0 Å². The van der Waals surface area contributed by atoms with Crippen molar-refractivity contribution in [1.82, 2.24) is 5.32 Å². The molecule has 1 aliphatic carbocycles. The monoisotopic (exact) mass is 318 g/mol. The summed E-state index contributed by atoms with van der Waals surface area (Å²) < 4.78 is 5.23. The van der Waals surface area contributed by atoms with Gasteiger partial charge in [-0.25, -0.2) is 0 Å². The number of aryl methyl sites for hydroxylation is 1. The van der Waals surface area contributed by atoms with Crippen molar-refractivity contribution in [3.05, 3.63) is 29.8 Å². The van der Waals surface area contributed by atoms with Crippen molar-refractivity contribution in [2.75, 3.05) is 20.2 Å². The number of hydrogen-bond acceptors (Lipinski definition) is 3. The molecule has 1 saturated carbocycles. The third-order valence-electron chi connectivity index (χ3n) is 4.98. The molecule has 1 aromatic carbocycles. The molecule has 2 rings (SSSR count). The number of amides is 1. The van der Waals surface area contributed by atoms with Gasteiger partial charge in [-0.3, -0.25) is 4.79 Å². The van der Waals surface area contributed by atoms with Crippen LogP contribution in [-0.4, -0.2) is 26.1 Å². The van der Waals surface area contributed by atoms with Gasteiger partial charge >= 0.3 is 0 Å². The number of benzene rings is 1. The molecule has 4 nitrogen and oxygen atoms in total. The molecule has 1 amide bonds. The van der Waals surface area contributed by atoms with Crippen molar-refractivity contribution in [2.24, 2.45) is 11.1 Å². The smallest absolute Gasteiger partial charge is 0.220 e. The molecule has 3 N–H and O–H groups in total. The van der Waals surface area contributed by atoms with Gasteiger partial charge in [0.1, 0.15) is 5.75 Å². The number of carbonyl (C=O) groups excluding carboxylic acids is 1. The maximum Gasteiger partial charge on any atom is 0.220 e. The minimum absolute atomic E-state index is 0.0507. The van der Waals surface area contributed by atoms with Gasteiger partial charge in [-0.05, 0) is 55.3 Å². The van der Waals surface area contributed by atoms with E-state index in [-0.39, 0.29) is 11.3 Å². The fourth-order valence-corrected chi connectivity index (χ4v) is 3.51. The maximum absolute atomic E-state index is 12.2. The molecule has 1 aliphatic rings. The number of carbonyl (C=O) groups is 1. The third kappa shape index (κ3) is 5.54. The standard InChI is InChI=1S/C19H30N2O2/c1-23-17-9-5-7-16(13-17)8-6-12-21-18(22)14-19(15-20)10-3-2-4-11-19/h5,7,9,13H,2-4,6,8,10-12,14-15,20H2,1H3,(H,21,22). The van der Waals surface area contributed by atoms with E-state index in [1.807, 2.05) is 18.2 Å². The van der Waals surface area contributed by atoms with Gasteiger partial charge in [0, 0.05) is 13.0 Å². The first-order valence-corrected chi connectivity index (χ1v) is 8.77. The number of nitrogens with one attached hydrogen (secondary N) is 1. The lowest BCUT2D eigenvalue weighted by molar-refractivity contribution is -0.123. The molecular weight excluding hydrogens is 288 g/mol. The van der Waals surface area contributed by atoms with Crippen LogP contribution in [0, 0.1) is 5.41 Å². The fraction of sp³-hybridized carbons (Fsp3) is 0.632. The van der Waals surface area contributed by atoms with Crippen LogP contribution in [0.1, 0.15) is 50.5 Å². The first-order chi connectivity index (χ1) is 11.2. The summed E-state index contributed by atoms with van der Waals surface area (Å²) in [5.74, 6) is 1.04. The Balaban J connectivity index is 1.70. The van der Waals surface area contributed by atoms with Crippen molar-refractivity contribution in [1.29, 1.82) is 0 Å². The van der Waals surface area contributed by atoms with E-state index in [0.29, 0.717) is 13.0 Å². The van der Waals surface area contributed by atoms with Crippen LogP contribution in [0.2, 0.25) is 0 Å². The largest absolute Gasteiger partial charge is 0.497 e. The molecule has 0 unspecified atom stereocenters. The van der Waals surface area contributed by atoms with Crippen molar-refractivity contribution in [2.45, 2.75) is 51.4 Å². The van der Waals surface area contributed by atoms with Crippen molar-refractivity contribution in [3.63, 3.8) is 0 Å². The Labute approximate surface area is 139 Å². The Hall–Kier alpha value is -1.55. The Bertz CT molecular complexity index is 496. The highest BCUT2D eigenvalue weighted by Gasteiger charge is 2.32. The second kappa shape index (κ2) is 8.92. The van der Waals surface area contributed by atoms with Gasteiger partial charge in [0.05, 0.1) is 7.11 Å².